The summed E-state index contributed by atoms with van der Waals surface area (Å²) in [6, 6.07) is 18.5. The van der Waals surface area contributed by atoms with Crippen LogP contribution in [0.4, 0.5) is 0 Å². The number of aryl methyl sites for hydroxylation is 1. The number of methoxy groups -OCH3 is 1. The highest BCUT2D eigenvalue weighted by Gasteiger charge is 2.13. The Balaban J connectivity index is 1.71. The van der Waals surface area contributed by atoms with Gasteiger partial charge in [-0.1, -0.05) is 42.5 Å². The second-order valence-corrected chi connectivity index (χ2v) is 6.53. The van der Waals surface area contributed by atoms with E-state index in [0.29, 0.717) is 11.5 Å². The van der Waals surface area contributed by atoms with Crippen LogP contribution in [0.2, 0.25) is 0 Å². The van der Waals surface area contributed by atoms with Crippen LogP contribution in [0.25, 0.3) is 11.3 Å². The first-order valence-electron chi connectivity index (χ1n) is 7.85. The lowest BCUT2D eigenvalue weighted by atomic mass is 10.1. The van der Waals surface area contributed by atoms with Crippen molar-refractivity contribution >= 4 is 11.8 Å². The number of hydrogen-bond donors (Lipinski definition) is 1. The zero-order chi connectivity index (χ0) is 17.6. The van der Waals surface area contributed by atoms with Gasteiger partial charge in [0.05, 0.1) is 7.11 Å². The van der Waals surface area contributed by atoms with Crippen LogP contribution in [0.15, 0.2) is 74.8 Å². The topological polar surface area (TPSA) is 59.7 Å². The van der Waals surface area contributed by atoms with E-state index in [2.05, 4.69) is 0 Å². The number of thioether (sulfide) groups is 1. The van der Waals surface area contributed by atoms with E-state index in [0.717, 1.165) is 23.3 Å². The molecule has 0 unspecified atom stereocenters. The number of rotatable bonds is 6. The molecule has 1 N–H and O–H groups in total. The SMILES string of the molecule is COc1cccc(CCSc2c(O)cc(-c3ccccc3)oc2=O)c1. The number of ether oxygens (including phenoxy) is 1. The van der Waals surface area contributed by atoms with Gasteiger partial charge in [-0.05, 0) is 24.1 Å². The van der Waals surface area contributed by atoms with Crippen LogP contribution in [0.3, 0.4) is 0 Å². The molecule has 0 aliphatic rings. The molecule has 128 valence electrons. The average molecular weight is 354 g/mol. The molecule has 0 spiro atoms. The second kappa shape index (κ2) is 7.94. The van der Waals surface area contributed by atoms with E-state index in [1.54, 1.807) is 7.11 Å². The van der Waals surface area contributed by atoms with Crippen LogP contribution in [0.5, 0.6) is 11.5 Å². The molecule has 25 heavy (non-hydrogen) atoms. The lowest BCUT2D eigenvalue weighted by Crippen LogP contribution is -2.04. The van der Waals surface area contributed by atoms with E-state index in [9.17, 15) is 9.90 Å². The number of hydrogen-bond acceptors (Lipinski definition) is 5. The molecule has 0 saturated carbocycles. The monoisotopic (exact) mass is 354 g/mol. The Hall–Kier alpha value is -2.66. The molecule has 0 amide bonds. The van der Waals surface area contributed by atoms with Gasteiger partial charge in [-0.15, -0.1) is 11.8 Å². The van der Waals surface area contributed by atoms with Crippen molar-refractivity contribution < 1.29 is 14.3 Å². The molecule has 0 atom stereocenters. The fraction of sp³-hybridized carbons (Fsp3) is 0.150. The minimum Gasteiger partial charge on any atom is -0.506 e. The molecule has 4 nitrogen and oxygen atoms in total. The standard InChI is InChI=1S/C20H18O4S/c1-23-16-9-5-6-14(12-16)10-11-25-19-17(21)13-18(24-20(19)22)15-7-3-2-4-8-15/h2-9,12-13,21H,10-11H2,1H3. The summed E-state index contributed by atoms with van der Waals surface area (Å²) in [6.45, 7) is 0. The quantitative estimate of drug-likeness (QED) is 0.667. The average Bonchev–Trinajstić information content (AvgIpc) is 2.64. The first kappa shape index (κ1) is 17.2. The third-order valence-corrected chi connectivity index (χ3v) is 4.79. The van der Waals surface area contributed by atoms with Crippen LogP contribution in [0.1, 0.15) is 5.56 Å². The van der Waals surface area contributed by atoms with Gasteiger partial charge in [0.25, 0.3) is 0 Å². The molecule has 0 saturated heterocycles. The van der Waals surface area contributed by atoms with Gasteiger partial charge in [0.2, 0.25) is 0 Å². The summed E-state index contributed by atoms with van der Waals surface area (Å²) in [7, 11) is 1.63. The maximum absolute atomic E-state index is 12.2. The third-order valence-electron chi connectivity index (χ3n) is 3.72. The zero-order valence-electron chi connectivity index (χ0n) is 13.8. The Kier molecular flexibility index (Phi) is 5.46. The van der Waals surface area contributed by atoms with Crippen LogP contribution in [0, 0.1) is 0 Å². The predicted octanol–water partition coefficient (Wildman–Crippen LogP) is 4.36. The Labute approximate surface area is 150 Å². The maximum Gasteiger partial charge on any atom is 0.353 e. The van der Waals surface area contributed by atoms with E-state index in [-0.39, 0.29) is 10.6 Å². The highest BCUT2D eigenvalue weighted by molar-refractivity contribution is 7.99. The molecule has 0 aliphatic carbocycles. The summed E-state index contributed by atoms with van der Waals surface area (Å²) in [5.74, 6) is 1.76. The summed E-state index contributed by atoms with van der Waals surface area (Å²) >= 11 is 1.29. The van der Waals surface area contributed by atoms with Crippen molar-refractivity contribution in [2.45, 2.75) is 11.3 Å². The van der Waals surface area contributed by atoms with Gasteiger partial charge < -0.3 is 14.3 Å². The number of aromatic hydroxyl groups is 1. The molecule has 0 bridgehead atoms. The zero-order valence-corrected chi connectivity index (χ0v) is 14.6. The molecule has 0 fully saturated rings. The highest BCUT2D eigenvalue weighted by Crippen LogP contribution is 2.30. The van der Waals surface area contributed by atoms with E-state index >= 15 is 0 Å². The molecule has 2 aromatic carbocycles. The fourth-order valence-electron chi connectivity index (χ4n) is 2.45. The van der Waals surface area contributed by atoms with E-state index < -0.39 is 5.63 Å². The number of benzene rings is 2. The Morgan fingerprint density at radius 3 is 2.60 bits per heavy atom. The van der Waals surface area contributed by atoms with Gasteiger partial charge in [-0.3, -0.25) is 0 Å². The molecule has 5 heteroatoms. The fourth-order valence-corrected chi connectivity index (χ4v) is 3.35. The summed E-state index contributed by atoms with van der Waals surface area (Å²) < 4.78 is 10.6. The van der Waals surface area contributed by atoms with Crippen molar-refractivity contribution in [3.05, 3.63) is 76.6 Å². The van der Waals surface area contributed by atoms with Crippen molar-refractivity contribution in [2.24, 2.45) is 0 Å². The highest BCUT2D eigenvalue weighted by atomic mass is 32.2. The van der Waals surface area contributed by atoms with Crippen molar-refractivity contribution in [3.8, 4) is 22.8 Å². The molecule has 0 aliphatic heterocycles. The molecule has 1 aromatic heterocycles. The predicted molar refractivity (Wildman–Crippen MR) is 99.5 cm³/mol. The summed E-state index contributed by atoms with van der Waals surface area (Å²) in [4.78, 5) is 12.4. The van der Waals surface area contributed by atoms with Crippen LogP contribution >= 0.6 is 11.8 Å². The van der Waals surface area contributed by atoms with E-state index in [1.807, 2.05) is 54.6 Å². The maximum atomic E-state index is 12.2. The van der Waals surface area contributed by atoms with Gasteiger partial charge >= 0.3 is 5.63 Å². The summed E-state index contributed by atoms with van der Waals surface area (Å²) in [6.07, 6.45) is 0.751. The molecule has 3 aromatic rings. The summed E-state index contributed by atoms with van der Waals surface area (Å²) in [5, 5.41) is 10.2. The van der Waals surface area contributed by atoms with Crippen molar-refractivity contribution in [2.75, 3.05) is 12.9 Å². The van der Waals surface area contributed by atoms with Gasteiger partial charge in [-0.2, -0.15) is 0 Å². The largest absolute Gasteiger partial charge is 0.506 e. The van der Waals surface area contributed by atoms with Gasteiger partial charge in [0.1, 0.15) is 22.2 Å². The third kappa shape index (κ3) is 4.25. The molecular formula is C20H18O4S. The van der Waals surface area contributed by atoms with Crippen LogP contribution in [-0.4, -0.2) is 18.0 Å². The Morgan fingerprint density at radius 2 is 1.88 bits per heavy atom. The van der Waals surface area contributed by atoms with Crippen molar-refractivity contribution in [3.63, 3.8) is 0 Å². The van der Waals surface area contributed by atoms with Crippen LogP contribution < -0.4 is 10.4 Å². The molecule has 1 heterocycles. The smallest absolute Gasteiger partial charge is 0.353 e. The van der Waals surface area contributed by atoms with Gasteiger partial charge in [-0.25, -0.2) is 4.79 Å². The van der Waals surface area contributed by atoms with Crippen LogP contribution in [-0.2, 0) is 6.42 Å². The summed E-state index contributed by atoms with van der Waals surface area (Å²) in [5.41, 5.74) is 1.34. The normalized spacial score (nSPS) is 10.6. The second-order valence-electron chi connectivity index (χ2n) is 5.43. The van der Waals surface area contributed by atoms with Gasteiger partial charge in [0.15, 0.2) is 0 Å². The van der Waals surface area contributed by atoms with E-state index in [4.69, 9.17) is 9.15 Å². The minimum atomic E-state index is -0.519. The molecule has 0 radical (unpaired) electrons. The van der Waals surface area contributed by atoms with E-state index in [1.165, 1.54) is 17.8 Å². The Morgan fingerprint density at radius 1 is 1.08 bits per heavy atom. The van der Waals surface area contributed by atoms with Crippen molar-refractivity contribution in [1.82, 2.24) is 0 Å². The Bertz CT molecular complexity index is 903. The lowest BCUT2D eigenvalue weighted by Gasteiger charge is -2.07. The lowest BCUT2D eigenvalue weighted by molar-refractivity contribution is 0.414. The first-order valence-corrected chi connectivity index (χ1v) is 8.84. The molecular weight excluding hydrogens is 336 g/mol. The minimum absolute atomic E-state index is 0.0502. The molecule has 3 rings (SSSR count). The van der Waals surface area contributed by atoms with Gasteiger partial charge in [0, 0.05) is 17.4 Å². The van der Waals surface area contributed by atoms with Crippen molar-refractivity contribution in [1.29, 1.82) is 0 Å². The first-order chi connectivity index (χ1) is 12.2.